The van der Waals surface area contributed by atoms with Gasteiger partial charge in [-0.3, -0.25) is 0 Å². The summed E-state index contributed by atoms with van der Waals surface area (Å²) in [5.74, 6) is -0.259. The summed E-state index contributed by atoms with van der Waals surface area (Å²) in [6, 6.07) is 23.3. The van der Waals surface area contributed by atoms with E-state index < -0.39 is 0 Å². The van der Waals surface area contributed by atoms with Gasteiger partial charge in [-0.25, -0.2) is 4.39 Å². The Morgan fingerprint density at radius 1 is 0.833 bits per heavy atom. The number of hydrogen-bond acceptors (Lipinski definition) is 3. The minimum atomic E-state index is -0.259. The quantitative estimate of drug-likeness (QED) is 0.494. The summed E-state index contributed by atoms with van der Waals surface area (Å²) in [5.41, 5.74) is 15.0. The van der Waals surface area contributed by atoms with Crippen molar-refractivity contribution in [2.24, 2.45) is 11.5 Å². The number of likely N-dealkylation sites (N-methyl/N-ethyl adjacent to an activating group) is 1. The first-order chi connectivity index (χ1) is 14.6. The molecule has 0 spiro atoms. The highest BCUT2D eigenvalue weighted by Gasteiger charge is 2.10. The Morgan fingerprint density at radius 3 is 1.83 bits per heavy atom. The van der Waals surface area contributed by atoms with Crippen molar-refractivity contribution in [1.82, 2.24) is 5.32 Å². The number of hydrogen-bond donors (Lipinski definition) is 3. The smallest absolute Gasteiger partial charge is 0.124 e. The molecule has 4 heteroatoms. The highest BCUT2D eigenvalue weighted by Crippen LogP contribution is 2.28. The molecule has 0 bridgehead atoms. The Kier molecular flexibility index (Phi) is 11.8. The molecule has 0 amide bonds. The fourth-order valence-electron chi connectivity index (χ4n) is 2.93. The van der Waals surface area contributed by atoms with Crippen LogP contribution in [0.5, 0.6) is 0 Å². The molecular formula is C26H34FN3. The molecule has 30 heavy (non-hydrogen) atoms. The molecule has 0 radical (unpaired) electrons. The molecule has 1 unspecified atom stereocenters. The van der Waals surface area contributed by atoms with Crippen LogP contribution < -0.4 is 16.8 Å². The molecule has 0 saturated carbocycles. The van der Waals surface area contributed by atoms with Gasteiger partial charge in [0.05, 0.1) is 6.04 Å². The third-order valence-corrected chi connectivity index (χ3v) is 4.22. The van der Waals surface area contributed by atoms with Crippen molar-refractivity contribution in [3.05, 3.63) is 96.5 Å². The maximum absolute atomic E-state index is 14.1. The zero-order valence-electron chi connectivity index (χ0n) is 18.4. The average molecular weight is 408 g/mol. The van der Waals surface area contributed by atoms with Gasteiger partial charge in [-0.2, -0.15) is 0 Å². The lowest BCUT2D eigenvalue weighted by molar-refractivity contribution is 0.619. The van der Waals surface area contributed by atoms with Crippen molar-refractivity contribution in [2.75, 3.05) is 14.1 Å². The molecule has 5 N–H and O–H groups in total. The van der Waals surface area contributed by atoms with Gasteiger partial charge in [0.2, 0.25) is 0 Å². The van der Waals surface area contributed by atoms with Gasteiger partial charge in [-0.05, 0) is 72.4 Å². The number of nitrogens with two attached hydrogens (primary N) is 2. The third kappa shape index (κ3) is 7.47. The molecule has 3 aromatic rings. The molecule has 1 atom stereocenters. The van der Waals surface area contributed by atoms with Crippen molar-refractivity contribution in [2.45, 2.75) is 26.3 Å². The van der Waals surface area contributed by atoms with Crippen LogP contribution in [0.3, 0.4) is 0 Å². The summed E-state index contributed by atoms with van der Waals surface area (Å²) in [6.45, 7) is 4.25. The molecule has 3 rings (SSSR count). The molecule has 3 nitrogen and oxygen atoms in total. The Hall–Kier alpha value is -2.95. The topological polar surface area (TPSA) is 64.1 Å². The highest BCUT2D eigenvalue weighted by atomic mass is 19.1. The molecule has 3 aromatic carbocycles. The van der Waals surface area contributed by atoms with Crippen molar-refractivity contribution in [3.8, 4) is 22.3 Å². The Morgan fingerprint density at radius 2 is 1.33 bits per heavy atom. The van der Waals surface area contributed by atoms with Crippen molar-refractivity contribution in [3.63, 3.8) is 0 Å². The monoisotopic (exact) mass is 407 g/mol. The maximum Gasteiger partial charge on any atom is 0.124 e. The Balaban J connectivity index is 0.000000826. The minimum Gasteiger partial charge on any atom is -0.405 e. The van der Waals surface area contributed by atoms with Crippen LogP contribution >= 0.6 is 0 Å². The van der Waals surface area contributed by atoms with Crippen molar-refractivity contribution >= 4 is 0 Å². The van der Waals surface area contributed by atoms with E-state index >= 15 is 0 Å². The van der Waals surface area contributed by atoms with Crippen LogP contribution in [-0.2, 0) is 0 Å². The first-order valence-electron chi connectivity index (χ1n) is 10.2. The fourth-order valence-corrected chi connectivity index (χ4v) is 2.93. The summed E-state index contributed by atoms with van der Waals surface area (Å²) in [7, 11) is 3.32. The summed E-state index contributed by atoms with van der Waals surface area (Å²) in [4.78, 5) is 0. The van der Waals surface area contributed by atoms with E-state index in [1.807, 2.05) is 43.4 Å². The Bertz CT molecular complexity index is 875. The summed E-state index contributed by atoms with van der Waals surface area (Å²) in [6.07, 6.45) is 4.53. The molecule has 0 saturated heterocycles. The zero-order chi connectivity index (χ0) is 22.4. The van der Waals surface area contributed by atoms with E-state index in [4.69, 9.17) is 5.73 Å². The van der Waals surface area contributed by atoms with Gasteiger partial charge in [0.15, 0.2) is 0 Å². The van der Waals surface area contributed by atoms with E-state index in [2.05, 4.69) is 49.2 Å². The normalized spacial score (nSPS) is 11.1. The summed E-state index contributed by atoms with van der Waals surface area (Å²) < 4.78 is 14.1. The lowest BCUT2D eigenvalue weighted by atomic mass is 9.97. The lowest BCUT2D eigenvalue weighted by Crippen LogP contribution is -2.14. The fraction of sp³-hybridized carbons (Fsp3) is 0.231. The Labute approximate surface area is 180 Å². The van der Waals surface area contributed by atoms with E-state index in [-0.39, 0.29) is 11.9 Å². The van der Waals surface area contributed by atoms with Gasteiger partial charge < -0.3 is 16.8 Å². The predicted octanol–water partition coefficient (Wildman–Crippen LogP) is 5.88. The second kappa shape index (κ2) is 14.1. The molecular weight excluding hydrogens is 373 g/mol. The van der Waals surface area contributed by atoms with E-state index in [0.717, 1.165) is 27.8 Å². The van der Waals surface area contributed by atoms with E-state index in [1.54, 1.807) is 12.1 Å². The minimum absolute atomic E-state index is 0.122. The first-order valence-corrected chi connectivity index (χ1v) is 10.2. The van der Waals surface area contributed by atoms with Gasteiger partial charge in [0, 0.05) is 0 Å². The van der Waals surface area contributed by atoms with Gasteiger partial charge in [-0.1, -0.05) is 74.9 Å². The van der Waals surface area contributed by atoms with Crippen LogP contribution in [0.4, 0.5) is 4.39 Å². The van der Waals surface area contributed by atoms with Crippen LogP contribution in [0.2, 0.25) is 0 Å². The number of rotatable bonds is 5. The molecule has 0 heterocycles. The number of benzene rings is 3. The molecule has 0 aliphatic rings. The standard InChI is InChI=1S/C22H21FN2.C3H8.CH5N/c1-25-22(11-12-24)20-13-19(14-21(23)15-20)18-9-7-17(8-10-18)16-5-3-2-4-6-16;1-3-2;1-2/h2-15,22,25H,24H2,1H3;3H2,1-2H3;2H2,1H3/b12-11-;;. The maximum atomic E-state index is 14.1. The van der Waals surface area contributed by atoms with Crippen molar-refractivity contribution in [1.29, 1.82) is 0 Å². The van der Waals surface area contributed by atoms with Crippen LogP contribution in [0.25, 0.3) is 22.3 Å². The largest absolute Gasteiger partial charge is 0.405 e. The third-order valence-electron chi connectivity index (χ3n) is 4.22. The van der Waals surface area contributed by atoms with Crippen LogP contribution in [-0.4, -0.2) is 14.1 Å². The first kappa shape index (κ1) is 25.1. The molecule has 0 aromatic heterocycles. The van der Waals surface area contributed by atoms with Crippen molar-refractivity contribution < 1.29 is 4.39 Å². The van der Waals surface area contributed by atoms with Crippen LogP contribution in [0.1, 0.15) is 31.9 Å². The molecule has 0 fully saturated rings. The van der Waals surface area contributed by atoms with E-state index in [9.17, 15) is 4.39 Å². The van der Waals surface area contributed by atoms with Gasteiger partial charge in [0.25, 0.3) is 0 Å². The highest BCUT2D eigenvalue weighted by molar-refractivity contribution is 5.70. The SMILES string of the molecule is CCC.CN.CNC(/C=C\N)c1cc(F)cc(-c2ccc(-c3ccccc3)cc2)c1. The summed E-state index contributed by atoms with van der Waals surface area (Å²) in [5, 5.41) is 3.12. The van der Waals surface area contributed by atoms with Crippen LogP contribution in [0, 0.1) is 5.82 Å². The van der Waals surface area contributed by atoms with E-state index in [0.29, 0.717) is 0 Å². The average Bonchev–Trinajstić information content (AvgIpc) is 2.79. The number of halogens is 1. The molecule has 0 aliphatic carbocycles. The molecule has 160 valence electrons. The predicted molar refractivity (Wildman–Crippen MR) is 128 cm³/mol. The van der Waals surface area contributed by atoms with Crippen LogP contribution in [0.15, 0.2) is 85.1 Å². The van der Waals surface area contributed by atoms with Gasteiger partial charge >= 0.3 is 0 Å². The van der Waals surface area contributed by atoms with E-state index in [1.165, 1.54) is 25.7 Å². The number of nitrogens with one attached hydrogen (secondary N) is 1. The lowest BCUT2D eigenvalue weighted by Gasteiger charge is -2.14. The molecule has 0 aliphatic heterocycles. The summed E-state index contributed by atoms with van der Waals surface area (Å²) >= 11 is 0. The second-order valence-electron chi connectivity index (χ2n) is 6.57. The zero-order valence-corrected chi connectivity index (χ0v) is 18.4. The van der Waals surface area contributed by atoms with Gasteiger partial charge in [-0.15, -0.1) is 0 Å². The second-order valence-corrected chi connectivity index (χ2v) is 6.57. The van der Waals surface area contributed by atoms with Gasteiger partial charge in [0.1, 0.15) is 5.82 Å².